The topological polar surface area (TPSA) is 94.8 Å². The van der Waals surface area contributed by atoms with Gasteiger partial charge in [-0.25, -0.2) is 9.59 Å². The van der Waals surface area contributed by atoms with Crippen LogP contribution in [0.5, 0.6) is 0 Å². The fourth-order valence-corrected chi connectivity index (χ4v) is 1.66. The van der Waals surface area contributed by atoms with E-state index in [1.54, 1.807) is 0 Å². The fourth-order valence-electron chi connectivity index (χ4n) is 1.66. The lowest BCUT2D eigenvalue weighted by molar-refractivity contribution is -0.175. The molecule has 0 spiro atoms. The number of hydrogen-bond donors (Lipinski definition) is 3. The minimum absolute atomic E-state index is 0.145. The molecule has 0 bridgehead atoms. The molecule has 23 heavy (non-hydrogen) atoms. The summed E-state index contributed by atoms with van der Waals surface area (Å²) in [5.74, 6) is -4.65. The van der Waals surface area contributed by atoms with Gasteiger partial charge in [0.05, 0.1) is 11.1 Å². The number of aliphatic carboxylic acids is 2. The van der Waals surface area contributed by atoms with Crippen molar-refractivity contribution in [1.29, 1.82) is 0 Å². The van der Waals surface area contributed by atoms with Crippen LogP contribution in [0.15, 0.2) is 18.2 Å². The van der Waals surface area contributed by atoms with E-state index in [0.29, 0.717) is 0 Å². The number of alkyl halides is 6. The van der Waals surface area contributed by atoms with E-state index in [-0.39, 0.29) is 18.2 Å². The van der Waals surface area contributed by atoms with Crippen LogP contribution in [0.3, 0.4) is 0 Å². The maximum atomic E-state index is 12.6. The molecule has 0 aliphatic carbocycles. The predicted molar refractivity (Wildman–Crippen MR) is 60.4 cm³/mol. The molecule has 0 saturated carbocycles. The Labute approximate surface area is 123 Å². The van der Waals surface area contributed by atoms with Crippen molar-refractivity contribution < 1.29 is 51.3 Å². The highest BCUT2D eigenvalue weighted by atomic mass is 19.4. The number of carbonyl (C=O) groups is 2. The Bertz CT molecular complexity index is 588. The normalized spacial score (nSPS) is 13.0. The summed E-state index contributed by atoms with van der Waals surface area (Å²) in [6.45, 7) is 0. The van der Waals surface area contributed by atoms with Crippen LogP contribution < -0.4 is 0 Å². The zero-order valence-corrected chi connectivity index (χ0v) is 10.9. The highest BCUT2D eigenvalue weighted by molar-refractivity contribution is 6.01. The summed E-state index contributed by atoms with van der Waals surface area (Å²) in [5, 5.41) is 26.7. The van der Waals surface area contributed by atoms with E-state index < -0.39 is 53.0 Å². The van der Waals surface area contributed by atoms with Gasteiger partial charge in [0, 0.05) is 6.42 Å². The lowest BCUT2D eigenvalue weighted by atomic mass is 9.92. The van der Waals surface area contributed by atoms with Crippen LogP contribution in [-0.2, 0) is 28.4 Å². The summed E-state index contributed by atoms with van der Waals surface area (Å²) in [7, 11) is 0. The average molecular weight is 346 g/mol. The van der Waals surface area contributed by atoms with Gasteiger partial charge in [-0.3, -0.25) is 0 Å². The first-order chi connectivity index (χ1) is 10.2. The smallest absolute Gasteiger partial charge is 0.416 e. The van der Waals surface area contributed by atoms with Gasteiger partial charge in [0.25, 0.3) is 5.60 Å². The Morgan fingerprint density at radius 2 is 1.17 bits per heavy atom. The van der Waals surface area contributed by atoms with Crippen LogP contribution in [0.1, 0.15) is 16.7 Å². The Morgan fingerprint density at radius 1 is 0.826 bits per heavy atom. The van der Waals surface area contributed by atoms with Gasteiger partial charge in [-0.1, -0.05) is 0 Å². The van der Waals surface area contributed by atoms with Crippen LogP contribution in [0, 0.1) is 0 Å². The van der Waals surface area contributed by atoms with E-state index in [0.717, 1.165) is 0 Å². The van der Waals surface area contributed by atoms with Crippen LogP contribution in [0.4, 0.5) is 26.3 Å². The summed E-state index contributed by atoms with van der Waals surface area (Å²) in [5.41, 5.74) is -8.01. The Kier molecular flexibility index (Phi) is 4.66. The molecule has 0 fully saturated rings. The van der Waals surface area contributed by atoms with Crippen molar-refractivity contribution in [3.63, 3.8) is 0 Å². The Balaban J connectivity index is 3.47. The molecule has 0 heterocycles. The molecular formula is C12H8F6O5. The van der Waals surface area contributed by atoms with Gasteiger partial charge in [-0.2, -0.15) is 26.3 Å². The quantitative estimate of drug-likeness (QED) is 0.574. The molecule has 3 N–H and O–H groups in total. The molecule has 0 unspecified atom stereocenters. The molecule has 0 aromatic heterocycles. The summed E-state index contributed by atoms with van der Waals surface area (Å²) in [6.07, 6.45) is -11.8. The van der Waals surface area contributed by atoms with Crippen molar-refractivity contribution >= 4 is 11.9 Å². The lowest BCUT2D eigenvalue weighted by Gasteiger charge is -2.20. The van der Waals surface area contributed by atoms with Crippen molar-refractivity contribution in [3.8, 4) is 0 Å². The second-order valence-corrected chi connectivity index (χ2v) is 4.56. The van der Waals surface area contributed by atoms with Gasteiger partial charge in [-0.15, -0.1) is 0 Å². The minimum Gasteiger partial charge on any atom is -0.479 e. The summed E-state index contributed by atoms with van der Waals surface area (Å²) in [6, 6.07) is 0.0856. The van der Waals surface area contributed by atoms with Crippen LogP contribution >= 0.6 is 0 Å². The first-order valence-electron chi connectivity index (χ1n) is 5.65. The van der Waals surface area contributed by atoms with Gasteiger partial charge in [-0.05, 0) is 23.8 Å². The van der Waals surface area contributed by atoms with E-state index in [1.807, 2.05) is 0 Å². The SMILES string of the molecule is O=C(O)C(O)(Cc1cc(C(F)(F)F)cc(C(F)(F)F)c1)C(=O)O. The molecule has 0 amide bonds. The Hall–Kier alpha value is -2.30. The van der Waals surface area contributed by atoms with Crippen LogP contribution in [0.2, 0.25) is 0 Å². The molecular weight excluding hydrogens is 338 g/mol. The number of benzene rings is 1. The molecule has 1 aromatic carbocycles. The third kappa shape index (κ3) is 4.12. The third-order valence-corrected chi connectivity index (χ3v) is 2.82. The number of rotatable bonds is 4. The van der Waals surface area contributed by atoms with E-state index in [9.17, 15) is 41.0 Å². The second kappa shape index (κ2) is 5.72. The molecule has 0 saturated heterocycles. The molecule has 0 radical (unpaired) electrons. The third-order valence-electron chi connectivity index (χ3n) is 2.82. The van der Waals surface area contributed by atoms with Crippen LogP contribution in [0.25, 0.3) is 0 Å². The zero-order valence-electron chi connectivity index (χ0n) is 10.9. The first-order valence-corrected chi connectivity index (χ1v) is 5.65. The first kappa shape index (κ1) is 18.7. The minimum atomic E-state index is -5.18. The fraction of sp³-hybridized carbons (Fsp3) is 0.333. The van der Waals surface area contributed by atoms with E-state index in [1.165, 1.54) is 0 Å². The highest BCUT2D eigenvalue weighted by Gasteiger charge is 2.46. The van der Waals surface area contributed by atoms with Crippen molar-refractivity contribution in [1.82, 2.24) is 0 Å². The average Bonchev–Trinajstić information content (AvgIpc) is 2.35. The molecule has 0 atom stereocenters. The van der Waals surface area contributed by atoms with Gasteiger partial charge in [0.2, 0.25) is 0 Å². The van der Waals surface area contributed by atoms with E-state index in [4.69, 9.17) is 10.2 Å². The molecule has 11 heteroatoms. The van der Waals surface area contributed by atoms with Crippen molar-refractivity contribution in [2.75, 3.05) is 0 Å². The Morgan fingerprint density at radius 3 is 1.43 bits per heavy atom. The van der Waals surface area contributed by atoms with Gasteiger partial charge >= 0.3 is 24.3 Å². The number of hydrogen-bond acceptors (Lipinski definition) is 3. The number of aliphatic hydroxyl groups is 1. The largest absolute Gasteiger partial charge is 0.479 e. The predicted octanol–water partition coefficient (Wildman–Crippen LogP) is 2.17. The maximum absolute atomic E-state index is 12.6. The van der Waals surface area contributed by atoms with Crippen molar-refractivity contribution in [2.24, 2.45) is 0 Å². The van der Waals surface area contributed by atoms with Gasteiger partial charge in [0.15, 0.2) is 0 Å². The molecule has 5 nitrogen and oxygen atoms in total. The standard InChI is InChI=1S/C12H8F6O5/c13-11(14,15)6-1-5(2-7(3-6)12(16,17)18)4-10(23,8(19)20)9(21)22/h1-3,23H,4H2,(H,19,20)(H,21,22). The van der Waals surface area contributed by atoms with Crippen molar-refractivity contribution in [3.05, 3.63) is 34.9 Å². The number of halogens is 6. The summed E-state index contributed by atoms with van der Waals surface area (Å²) < 4.78 is 75.7. The van der Waals surface area contributed by atoms with E-state index in [2.05, 4.69) is 0 Å². The molecule has 0 aliphatic rings. The van der Waals surface area contributed by atoms with Gasteiger partial charge in [0.1, 0.15) is 0 Å². The van der Waals surface area contributed by atoms with E-state index >= 15 is 0 Å². The maximum Gasteiger partial charge on any atom is 0.416 e. The molecule has 128 valence electrons. The van der Waals surface area contributed by atoms with Crippen molar-refractivity contribution in [2.45, 2.75) is 24.4 Å². The van der Waals surface area contributed by atoms with Crippen LogP contribution in [-0.4, -0.2) is 32.9 Å². The molecule has 1 rings (SSSR count). The zero-order chi connectivity index (χ0) is 18.2. The molecule has 0 aliphatic heterocycles. The molecule has 1 aromatic rings. The summed E-state index contributed by atoms with van der Waals surface area (Å²) in [4.78, 5) is 21.5. The monoisotopic (exact) mass is 346 g/mol. The van der Waals surface area contributed by atoms with Gasteiger partial charge < -0.3 is 15.3 Å². The number of carboxylic acid groups (broad SMARTS) is 2. The lowest BCUT2D eigenvalue weighted by Crippen LogP contribution is -2.48. The summed E-state index contributed by atoms with van der Waals surface area (Å²) >= 11 is 0. The second-order valence-electron chi connectivity index (χ2n) is 4.56. The number of carboxylic acids is 2. The highest BCUT2D eigenvalue weighted by Crippen LogP contribution is 2.37.